The van der Waals surface area contributed by atoms with Crippen molar-refractivity contribution in [3.05, 3.63) is 22.6 Å². The maximum Gasteiger partial charge on any atom is 0.327 e. The van der Waals surface area contributed by atoms with Crippen molar-refractivity contribution in [3.8, 4) is 5.88 Å². The van der Waals surface area contributed by atoms with Crippen LogP contribution >= 0.6 is 0 Å². The molecule has 2 rings (SSSR count). The van der Waals surface area contributed by atoms with E-state index >= 15 is 0 Å². The maximum atomic E-state index is 11.2. The molecule has 5 heteroatoms. The second-order valence-electron chi connectivity index (χ2n) is 2.71. The molecule has 0 aliphatic heterocycles. The second kappa shape index (κ2) is 2.62. The molecule has 0 aromatic carbocycles. The predicted octanol–water partition coefficient (Wildman–Crippen LogP) is 0.270. The number of pyridine rings is 1. The number of aromatic amines is 1. The first-order chi connectivity index (χ1) is 6.22. The minimum Gasteiger partial charge on any atom is -0.481 e. The lowest BCUT2D eigenvalue weighted by Gasteiger charge is -1.97. The van der Waals surface area contributed by atoms with Gasteiger partial charge < -0.3 is 4.74 Å². The highest BCUT2D eigenvalue weighted by Crippen LogP contribution is 2.11. The van der Waals surface area contributed by atoms with Gasteiger partial charge in [0.2, 0.25) is 5.88 Å². The molecular formula is C8H9N3O2. The topological polar surface area (TPSA) is 59.9 Å². The molecular weight excluding hydrogens is 170 g/mol. The highest BCUT2D eigenvalue weighted by molar-refractivity contribution is 5.71. The van der Waals surface area contributed by atoms with Crippen LogP contribution in [-0.2, 0) is 7.05 Å². The summed E-state index contributed by atoms with van der Waals surface area (Å²) in [7, 11) is 3.23. The highest BCUT2D eigenvalue weighted by Gasteiger charge is 2.04. The Morgan fingerprint density at radius 3 is 3.00 bits per heavy atom. The van der Waals surface area contributed by atoms with Crippen LogP contribution in [0, 0.1) is 0 Å². The molecule has 5 nitrogen and oxygen atoms in total. The second-order valence-corrected chi connectivity index (χ2v) is 2.71. The smallest absolute Gasteiger partial charge is 0.327 e. The summed E-state index contributed by atoms with van der Waals surface area (Å²) < 4.78 is 6.43. The number of imidazole rings is 1. The lowest BCUT2D eigenvalue weighted by molar-refractivity contribution is 0.399. The van der Waals surface area contributed by atoms with Crippen LogP contribution in [0.3, 0.4) is 0 Å². The predicted molar refractivity (Wildman–Crippen MR) is 47.9 cm³/mol. The van der Waals surface area contributed by atoms with Crippen molar-refractivity contribution in [1.82, 2.24) is 14.5 Å². The normalized spacial score (nSPS) is 10.6. The highest BCUT2D eigenvalue weighted by atomic mass is 16.5. The van der Waals surface area contributed by atoms with Crippen LogP contribution in [0.4, 0.5) is 0 Å². The molecule has 13 heavy (non-hydrogen) atoms. The molecule has 1 N–H and O–H groups in total. The van der Waals surface area contributed by atoms with Gasteiger partial charge in [0.15, 0.2) is 5.65 Å². The SMILES string of the molecule is COc1ccc2c(n1)[nH]c(=O)n2C. The summed E-state index contributed by atoms with van der Waals surface area (Å²) in [5, 5.41) is 0. The van der Waals surface area contributed by atoms with Gasteiger partial charge in [0.25, 0.3) is 0 Å². The molecule has 0 saturated heterocycles. The molecule has 2 heterocycles. The molecule has 0 amide bonds. The number of aromatic nitrogens is 3. The van der Waals surface area contributed by atoms with Crippen LogP contribution in [-0.4, -0.2) is 21.6 Å². The first-order valence-corrected chi connectivity index (χ1v) is 3.82. The summed E-state index contributed by atoms with van der Waals surface area (Å²) in [4.78, 5) is 17.9. The minimum absolute atomic E-state index is 0.171. The van der Waals surface area contributed by atoms with Crippen LogP contribution in [0.2, 0.25) is 0 Å². The van der Waals surface area contributed by atoms with Gasteiger partial charge in [-0.25, -0.2) is 4.79 Å². The third-order valence-corrected chi connectivity index (χ3v) is 1.95. The molecule has 0 bridgehead atoms. The zero-order chi connectivity index (χ0) is 9.42. The fraction of sp³-hybridized carbons (Fsp3) is 0.250. The van der Waals surface area contributed by atoms with E-state index in [-0.39, 0.29) is 5.69 Å². The zero-order valence-corrected chi connectivity index (χ0v) is 7.37. The fourth-order valence-corrected chi connectivity index (χ4v) is 1.20. The summed E-state index contributed by atoms with van der Waals surface area (Å²) in [5.41, 5.74) is 1.15. The van der Waals surface area contributed by atoms with Crippen molar-refractivity contribution >= 4 is 11.2 Å². The molecule has 2 aromatic rings. The number of H-pyrrole nitrogens is 1. The monoisotopic (exact) mass is 179 g/mol. The molecule has 0 aliphatic carbocycles. The average Bonchev–Trinajstić information content (AvgIpc) is 2.42. The number of hydrogen-bond acceptors (Lipinski definition) is 3. The molecule has 0 aliphatic rings. The Morgan fingerprint density at radius 2 is 2.31 bits per heavy atom. The van der Waals surface area contributed by atoms with E-state index in [1.807, 2.05) is 0 Å². The van der Waals surface area contributed by atoms with Gasteiger partial charge in [-0.05, 0) is 6.07 Å². The van der Waals surface area contributed by atoms with Crippen molar-refractivity contribution in [2.24, 2.45) is 7.05 Å². The number of fused-ring (bicyclic) bond motifs is 1. The van der Waals surface area contributed by atoms with E-state index in [0.29, 0.717) is 11.5 Å². The largest absolute Gasteiger partial charge is 0.481 e. The number of nitrogens with zero attached hydrogens (tertiary/aromatic N) is 2. The number of methoxy groups -OCH3 is 1. The van der Waals surface area contributed by atoms with E-state index in [9.17, 15) is 4.79 Å². The van der Waals surface area contributed by atoms with Crippen LogP contribution in [0.1, 0.15) is 0 Å². The van der Waals surface area contributed by atoms with Crippen molar-refractivity contribution in [2.75, 3.05) is 7.11 Å². The third-order valence-electron chi connectivity index (χ3n) is 1.95. The van der Waals surface area contributed by atoms with Crippen molar-refractivity contribution < 1.29 is 4.74 Å². The lowest BCUT2D eigenvalue weighted by atomic mass is 10.4. The van der Waals surface area contributed by atoms with Gasteiger partial charge in [0.1, 0.15) is 0 Å². The Bertz CT molecular complexity index is 498. The molecule has 0 unspecified atom stereocenters. The number of nitrogens with one attached hydrogen (secondary N) is 1. The first kappa shape index (κ1) is 7.85. The van der Waals surface area contributed by atoms with Crippen molar-refractivity contribution in [1.29, 1.82) is 0 Å². The summed E-state index contributed by atoms with van der Waals surface area (Å²) in [6, 6.07) is 3.51. The Hall–Kier alpha value is -1.78. The van der Waals surface area contributed by atoms with E-state index in [2.05, 4.69) is 9.97 Å². The third kappa shape index (κ3) is 1.09. The van der Waals surface area contributed by atoms with Gasteiger partial charge in [-0.2, -0.15) is 4.98 Å². The number of hydrogen-bond donors (Lipinski definition) is 1. The van der Waals surface area contributed by atoms with E-state index in [0.717, 1.165) is 5.52 Å². The van der Waals surface area contributed by atoms with Gasteiger partial charge in [0, 0.05) is 13.1 Å². The average molecular weight is 179 g/mol. The maximum absolute atomic E-state index is 11.2. The van der Waals surface area contributed by atoms with Crippen LogP contribution in [0.5, 0.6) is 5.88 Å². The molecule has 0 atom stereocenters. The molecule has 68 valence electrons. The van der Waals surface area contributed by atoms with E-state index in [4.69, 9.17) is 4.74 Å². The summed E-state index contributed by atoms with van der Waals surface area (Å²) in [5.74, 6) is 0.495. The molecule has 0 spiro atoms. The van der Waals surface area contributed by atoms with Crippen molar-refractivity contribution in [2.45, 2.75) is 0 Å². The molecule has 0 saturated carbocycles. The Labute approximate surface area is 74.0 Å². The minimum atomic E-state index is -0.171. The molecule has 0 radical (unpaired) electrons. The van der Waals surface area contributed by atoms with Gasteiger partial charge in [-0.15, -0.1) is 0 Å². The van der Waals surface area contributed by atoms with E-state index in [1.165, 1.54) is 11.7 Å². The zero-order valence-electron chi connectivity index (χ0n) is 7.37. The van der Waals surface area contributed by atoms with Crippen LogP contribution < -0.4 is 10.4 Å². The molecule has 2 aromatic heterocycles. The van der Waals surface area contributed by atoms with Gasteiger partial charge in [-0.3, -0.25) is 9.55 Å². The van der Waals surface area contributed by atoms with Gasteiger partial charge >= 0.3 is 5.69 Å². The van der Waals surface area contributed by atoms with E-state index in [1.54, 1.807) is 19.2 Å². The van der Waals surface area contributed by atoms with Gasteiger partial charge in [0.05, 0.1) is 12.6 Å². The number of rotatable bonds is 1. The first-order valence-electron chi connectivity index (χ1n) is 3.82. The van der Waals surface area contributed by atoms with Crippen LogP contribution in [0.15, 0.2) is 16.9 Å². The lowest BCUT2D eigenvalue weighted by Crippen LogP contribution is -2.11. The Morgan fingerprint density at radius 1 is 1.54 bits per heavy atom. The Kier molecular flexibility index (Phi) is 1.58. The fourth-order valence-electron chi connectivity index (χ4n) is 1.20. The number of aryl methyl sites for hydroxylation is 1. The van der Waals surface area contributed by atoms with Crippen molar-refractivity contribution in [3.63, 3.8) is 0 Å². The number of ether oxygens (including phenoxy) is 1. The summed E-state index contributed by atoms with van der Waals surface area (Å²) >= 11 is 0. The van der Waals surface area contributed by atoms with Crippen LogP contribution in [0.25, 0.3) is 11.2 Å². The summed E-state index contributed by atoms with van der Waals surface area (Å²) in [6.45, 7) is 0. The molecule has 0 fully saturated rings. The van der Waals surface area contributed by atoms with Gasteiger partial charge in [-0.1, -0.05) is 0 Å². The Balaban J connectivity index is 2.80. The summed E-state index contributed by atoms with van der Waals surface area (Å²) in [6.07, 6.45) is 0. The standard InChI is InChI=1S/C8H9N3O2/c1-11-5-3-4-6(13-2)9-7(5)10-8(11)12/h3-4H,1-2H3,(H,9,10,12). The van der Waals surface area contributed by atoms with E-state index < -0.39 is 0 Å². The quantitative estimate of drug-likeness (QED) is 0.683.